The highest BCUT2D eigenvalue weighted by Crippen LogP contribution is 2.28. The number of nitrogens with one attached hydrogen (secondary N) is 2. The zero-order valence-corrected chi connectivity index (χ0v) is 19.6. The molecule has 0 atom stereocenters. The Kier molecular flexibility index (Phi) is 11.9. The molecular weight excluding hydrogens is 460 g/mol. The Morgan fingerprint density at radius 2 is 1.54 bits per heavy atom. The van der Waals surface area contributed by atoms with Gasteiger partial charge in [0, 0.05) is 24.8 Å². The Morgan fingerprint density at radius 1 is 0.857 bits per heavy atom. The average molecular weight is 491 g/mol. The van der Waals surface area contributed by atoms with Crippen LogP contribution in [0.25, 0.3) is 0 Å². The standard InChI is InChI=1S/C23H30N4O8/c1-2-3-10-24-19-6-4-18(5-7-19)23(28)35-16-15-34-14-13-33-12-11-25-21-9-8-20(26(29)30)17-22(21)27(31)32/h4-9,17,24-25H,2-3,10-16H2,1H3. The Labute approximate surface area is 202 Å². The molecule has 0 aliphatic rings. The fourth-order valence-electron chi connectivity index (χ4n) is 2.92. The second kappa shape index (κ2) is 15.2. The number of carbonyl (C=O) groups is 1. The van der Waals surface area contributed by atoms with Crippen molar-refractivity contribution in [2.24, 2.45) is 0 Å². The minimum Gasteiger partial charge on any atom is -0.460 e. The molecule has 0 fully saturated rings. The van der Waals surface area contributed by atoms with E-state index < -0.39 is 15.8 Å². The van der Waals surface area contributed by atoms with Crippen LogP contribution in [0.4, 0.5) is 22.7 Å². The monoisotopic (exact) mass is 490 g/mol. The molecule has 0 spiro atoms. The zero-order chi connectivity index (χ0) is 25.5. The maximum absolute atomic E-state index is 12.1. The first-order valence-electron chi connectivity index (χ1n) is 11.3. The number of nitro benzene ring substituents is 2. The predicted molar refractivity (Wildman–Crippen MR) is 130 cm³/mol. The van der Waals surface area contributed by atoms with Crippen molar-refractivity contribution >= 4 is 28.7 Å². The Hall–Kier alpha value is -3.77. The third-order valence-electron chi connectivity index (χ3n) is 4.76. The lowest BCUT2D eigenvalue weighted by molar-refractivity contribution is -0.393. The van der Waals surface area contributed by atoms with Crippen LogP contribution in [-0.4, -0.2) is 61.9 Å². The van der Waals surface area contributed by atoms with E-state index in [1.165, 1.54) is 12.1 Å². The van der Waals surface area contributed by atoms with Gasteiger partial charge in [-0.1, -0.05) is 13.3 Å². The zero-order valence-electron chi connectivity index (χ0n) is 19.6. The minimum absolute atomic E-state index is 0.112. The topological polar surface area (TPSA) is 155 Å². The quantitative estimate of drug-likeness (QED) is 0.144. The Bertz CT molecular complexity index is 968. The van der Waals surface area contributed by atoms with E-state index in [-0.39, 0.29) is 56.6 Å². The molecule has 0 radical (unpaired) electrons. The third kappa shape index (κ3) is 9.94. The number of nitrogens with zero attached hydrogens (tertiary/aromatic N) is 2. The summed E-state index contributed by atoms with van der Waals surface area (Å²) in [5.41, 5.74) is 0.866. The molecule has 190 valence electrons. The van der Waals surface area contributed by atoms with E-state index in [2.05, 4.69) is 17.6 Å². The van der Waals surface area contributed by atoms with Gasteiger partial charge in [0.15, 0.2) is 0 Å². The molecule has 2 rings (SSSR count). The van der Waals surface area contributed by atoms with Gasteiger partial charge in [-0.15, -0.1) is 0 Å². The van der Waals surface area contributed by atoms with Gasteiger partial charge in [-0.05, 0) is 36.8 Å². The highest BCUT2D eigenvalue weighted by Gasteiger charge is 2.19. The molecule has 2 aromatic rings. The number of nitro groups is 2. The summed E-state index contributed by atoms with van der Waals surface area (Å²) in [6.45, 7) is 4.43. The van der Waals surface area contributed by atoms with Gasteiger partial charge in [-0.2, -0.15) is 0 Å². The number of benzene rings is 2. The van der Waals surface area contributed by atoms with Crippen LogP contribution in [0.15, 0.2) is 42.5 Å². The van der Waals surface area contributed by atoms with Gasteiger partial charge < -0.3 is 24.8 Å². The number of non-ortho nitro benzene ring substituents is 1. The van der Waals surface area contributed by atoms with Crippen LogP contribution in [0.2, 0.25) is 0 Å². The van der Waals surface area contributed by atoms with Crippen molar-refractivity contribution in [1.82, 2.24) is 0 Å². The molecule has 0 unspecified atom stereocenters. The summed E-state index contributed by atoms with van der Waals surface area (Å²) < 4.78 is 15.9. The molecule has 2 N–H and O–H groups in total. The van der Waals surface area contributed by atoms with Crippen LogP contribution >= 0.6 is 0 Å². The van der Waals surface area contributed by atoms with Crippen molar-refractivity contribution < 1.29 is 28.9 Å². The molecule has 0 aromatic heterocycles. The van der Waals surface area contributed by atoms with E-state index >= 15 is 0 Å². The van der Waals surface area contributed by atoms with E-state index in [0.29, 0.717) is 5.56 Å². The van der Waals surface area contributed by atoms with Crippen LogP contribution in [0.3, 0.4) is 0 Å². The molecule has 0 aliphatic heterocycles. The van der Waals surface area contributed by atoms with Crippen LogP contribution in [-0.2, 0) is 14.2 Å². The molecule has 0 heterocycles. The lowest BCUT2D eigenvalue weighted by Crippen LogP contribution is -2.15. The van der Waals surface area contributed by atoms with Crippen molar-refractivity contribution in [1.29, 1.82) is 0 Å². The Morgan fingerprint density at radius 3 is 2.20 bits per heavy atom. The minimum atomic E-state index is -0.689. The van der Waals surface area contributed by atoms with E-state index in [9.17, 15) is 25.0 Å². The molecule has 12 nitrogen and oxygen atoms in total. The van der Waals surface area contributed by atoms with Crippen molar-refractivity contribution in [2.75, 3.05) is 56.8 Å². The van der Waals surface area contributed by atoms with Gasteiger partial charge in [-0.25, -0.2) is 4.79 Å². The van der Waals surface area contributed by atoms with Gasteiger partial charge in [0.1, 0.15) is 12.3 Å². The molecule has 0 aliphatic carbocycles. The van der Waals surface area contributed by atoms with E-state index in [1.807, 2.05) is 12.1 Å². The van der Waals surface area contributed by atoms with Crippen LogP contribution in [0.1, 0.15) is 30.1 Å². The molecule has 2 aromatic carbocycles. The summed E-state index contributed by atoms with van der Waals surface area (Å²) >= 11 is 0. The smallest absolute Gasteiger partial charge is 0.338 e. The van der Waals surface area contributed by atoms with Crippen LogP contribution in [0, 0.1) is 20.2 Å². The summed E-state index contributed by atoms with van der Waals surface area (Å²) in [6, 6.07) is 10.5. The fourth-order valence-corrected chi connectivity index (χ4v) is 2.92. The lowest BCUT2D eigenvalue weighted by atomic mass is 10.2. The summed E-state index contributed by atoms with van der Waals surface area (Å²) in [5, 5.41) is 28.0. The number of ether oxygens (including phenoxy) is 3. The normalized spacial score (nSPS) is 10.5. The second-order valence-corrected chi connectivity index (χ2v) is 7.36. The van der Waals surface area contributed by atoms with E-state index in [0.717, 1.165) is 31.1 Å². The Balaban J connectivity index is 1.54. The highest BCUT2D eigenvalue weighted by atomic mass is 16.6. The van der Waals surface area contributed by atoms with Gasteiger partial charge in [0.2, 0.25) is 0 Å². The first kappa shape index (κ1) is 27.5. The van der Waals surface area contributed by atoms with E-state index in [4.69, 9.17) is 14.2 Å². The first-order chi connectivity index (χ1) is 16.9. The number of carbonyl (C=O) groups excluding carboxylic acids is 1. The summed E-state index contributed by atoms with van der Waals surface area (Å²) in [4.78, 5) is 32.5. The van der Waals surface area contributed by atoms with Crippen molar-refractivity contribution in [3.05, 3.63) is 68.3 Å². The maximum atomic E-state index is 12.1. The molecule has 0 saturated heterocycles. The summed E-state index contributed by atoms with van der Waals surface area (Å²) in [5.74, 6) is -0.420. The SMILES string of the molecule is CCCCNc1ccc(C(=O)OCCOCCOCCNc2ccc([N+](=O)[O-])cc2[N+](=O)[O-])cc1. The first-order valence-corrected chi connectivity index (χ1v) is 11.3. The number of esters is 1. The summed E-state index contributed by atoms with van der Waals surface area (Å²) in [6.07, 6.45) is 2.19. The second-order valence-electron chi connectivity index (χ2n) is 7.36. The maximum Gasteiger partial charge on any atom is 0.338 e. The van der Waals surface area contributed by atoms with Crippen molar-refractivity contribution in [3.63, 3.8) is 0 Å². The molecule has 35 heavy (non-hydrogen) atoms. The number of rotatable bonds is 17. The number of unbranched alkanes of at least 4 members (excludes halogenated alkanes) is 1. The molecule has 12 heteroatoms. The third-order valence-corrected chi connectivity index (χ3v) is 4.76. The largest absolute Gasteiger partial charge is 0.460 e. The lowest BCUT2D eigenvalue weighted by Gasteiger charge is -2.09. The van der Waals surface area contributed by atoms with Gasteiger partial charge in [0.05, 0.1) is 47.9 Å². The van der Waals surface area contributed by atoms with E-state index in [1.54, 1.807) is 12.1 Å². The van der Waals surface area contributed by atoms with Crippen molar-refractivity contribution in [3.8, 4) is 0 Å². The predicted octanol–water partition coefficient (Wildman–Crippen LogP) is 4.02. The molecule has 0 bridgehead atoms. The van der Waals surface area contributed by atoms with Gasteiger partial charge in [0.25, 0.3) is 11.4 Å². The molecule has 0 amide bonds. The van der Waals surface area contributed by atoms with Crippen LogP contribution < -0.4 is 10.6 Å². The molecule has 0 saturated carbocycles. The van der Waals surface area contributed by atoms with Gasteiger partial charge in [-0.3, -0.25) is 20.2 Å². The van der Waals surface area contributed by atoms with Crippen molar-refractivity contribution in [2.45, 2.75) is 19.8 Å². The number of hydrogen-bond donors (Lipinski definition) is 2. The number of hydrogen-bond acceptors (Lipinski definition) is 10. The average Bonchev–Trinajstić information content (AvgIpc) is 2.85. The number of anilines is 2. The highest BCUT2D eigenvalue weighted by molar-refractivity contribution is 5.89. The molecular formula is C23H30N4O8. The fraction of sp³-hybridized carbons (Fsp3) is 0.435. The van der Waals surface area contributed by atoms with Crippen LogP contribution in [0.5, 0.6) is 0 Å². The van der Waals surface area contributed by atoms with Gasteiger partial charge >= 0.3 is 5.97 Å². The summed E-state index contributed by atoms with van der Waals surface area (Å²) in [7, 11) is 0.